The van der Waals surface area contributed by atoms with Crippen molar-refractivity contribution in [2.45, 2.75) is 63.1 Å². The zero-order valence-corrected chi connectivity index (χ0v) is 19.8. The number of thiophene rings is 1. The van der Waals surface area contributed by atoms with Crippen LogP contribution in [0.5, 0.6) is 0 Å². The van der Waals surface area contributed by atoms with Crippen molar-refractivity contribution in [2.24, 2.45) is 0 Å². The third-order valence-electron chi connectivity index (χ3n) is 5.79. The number of rotatable bonds is 10. The molecule has 166 valence electrons. The van der Waals surface area contributed by atoms with Crippen LogP contribution in [0.15, 0.2) is 28.9 Å². The second kappa shape index (κ2) is 9.99. The molecule has 3 aromatic rings. The Labute approximate surface area is 191 Å². The van der Waals surface area contributed by atoms with Gasteiger partial charge in [-0.1, -0.05) is 44.5 Å². The average Bonchev–Trinajstić information content (AvgIpc) is 3.53. The normalized spacial score (nSPS) is 15.4. The summed E-state index contributed by atoms with van der Waals surface area (Å²) in [5.74, 6) is 1.89. The predicted molar refractivity (Wildman–Crippen MR) is 128 cm³/mol. The van der Waals surface area contributed by atoms with Crippen LogP contribution in [0.3, 0.4) is 0 Å². The van der Waals surface area contributed by atoms with Crippen LogP contribution in [0.1, 0.15) is 50.8 Å². The van der Waals surface area contributed by atoms with Crippen LogP contribution in [0.2, 0.25) is 0 Å². The summed E-state index contributed by atoms with van der Waals surface area (Å²) >= 11 is 3.31. The lowest BCUT2D eigenvalue weighted by molar-refractivity contribution is -0.126. The molecule has 0 saturated heterocycles. The van der Waals surface area contributed by atoms with Crippen LogP contribution in [0.25, 0.3) is 11.0 Å². The number of carbonyl (C=O) groups is 1. The third-order valence-corrected chi connectivity index (χ3v) is 7.59. The minimum absolute atomic E-state index is 0.145. The molecule has 1 aliphatic carbocycles. The first-order chi connectivity index (χ1) is 15.2. The van der Waals surface area contributed by atoms with Crippen molar-refractivity contribution in [1.29, 1.82) is 0 Å². The van der Waals surface area contributed by atoms with Gasteiger partial charge in [0.05, 0.1) is 23.5 Å². The van der Waals surface area contributed by atoms with Crippen molar-refractivity contribution in [3.8, 4) is 0 Å². The average molecular weight is 459 g/mol. The van der Waals surface area contributed by atoms with Gasteiger partial charge in [0.1, 0.15) is 5.82 Å². The number of fused-ring (bicyclic) bond motifs is 1. The molecular formula is C22H30N6OS2. The number of amides is 1. The fraction of sp³-hybridized carbons (Fsp3) is 0.545. The van der Waals surface area contributed by atoms with Gasteiger partial charge < -0.3 is 10.6 Å². The van der Waals surface area contributed by atoms with E-state index in [4.69, 9.17) is 4.98 Å². The number of carbonyl (C=O) groups excluding carboxylic acids is 1. The summed E-state index contributed by atoms with van der Waals surface area (Å²) in [5, 5.41) is 14.9. The van der Waals surface area contributed by atoms with E-state index in [9.17, 15) is 4.79 Å². The lowest BCUT2D eigenvalue weighted by Gasteiger charge is -2.26. The van der Waals surface area contributed by atoms with Crippen LogP contribution in [-0.4, -0.2) is 44.5 Å². The number of anilines is 1. The minimum Gasteiger partial charge on any atom is -0.369 e. The molecule has 1 fully saturated rings. The highest BCUT2D eigenvalue weighted by atomic mass is 32.2. The first-order valence-electron chi connectivity index (χ1n) is 11.1. The summed E-state index contributed by atoms with van der Waals surface area (Å²) in [6.07, 6.45) is 6.92. The van der Waals surface area contributed by atoms with Gasteiger partial charge in [-0.15, -0.1) is 11.3 Å². The van der Waals surface area contributed by atoms with E-state index in [0.717, 1.165) is 66.4 Å². The van der Waals surface area contributed by atoms with Gasteiger partial charge in [0, 0.05) is 18.0 Å². The molecule has 0 unspecified atom stereocenters. The van der Waals surface area contributed by atoms with E-state index < -0.39 is 0 Å². The maximum Gasteiger partial charge on any atom is 0.231 e. The van der Waals surface area contributed by atoms with Crippen molar-refractivity contribution in [3.05, 3.63) is 28.6 Å². The first kappa shape index (κ1) is 22.1. The zero-order valence-electron chi connectivity index (χ0n) is 18.2. The van der Waals surface area contributed by atoms with E-state index in [-0.39, 0.29) is 11.3 Å². The predicted octanol–water partition coefficient (Wildman–Crippen LogP) is 4.45. The number of hydrogen-bond acceptors (Lipinski definition) is 7. The van der Waals surface area contributed by atoms with Gasteiger partial charge in [-0.2, -0.15) is 5.10 Å². The van der Waals surface area contributed by atoms with Crippen molar-refractivity contribution in [1.82, 2.24) is 25.1 Å². The van der Waals surface area contributed by atoms with Crippen LogP contribution < -0.4 is 10.6 Å². The highest BCUT2D eigenvalue weighted by Crippen LogP contribution is 2.43. The first-order valence-corrected chi connectivity index (χ1v) is 13.0. The van der Waals surface area contributed by atoms with E-state index in [1.54, 1.807) is 23.1 Å². The zero-order chi connectivity index (χ0) is 21.7. The molecular weight excluding hydrogens is 428 g/mol. The van der Waals surface area contributed by atoms with E-state index in [0.29, 0.717) is 13.1 Å². The molecule has 31 heavy (non-hydrogen) atoms. The molecule has 3 heterocycles. The lowest BCUT2D eigenvalue weighted by atomic mass is 9.83. The number of aromatic nitrogens is 4. The van der Waals surface area contributed by atoms with E-state index in [1.165, 1.54) is 4.88 Å². The van der Waals surface area contributed by atoms with E-state index in [1.807, 2.05) is 16.9 Å². The molecule has 0 radical (unpaired) electrons. The summed E-state index contributed by atoms with van der Waals surface area (Å²) in [4.78, 5) is 23.8. The summed E-state index contributed by atoms with van der Waals surface area (Å²) < 4.78 is 1.88. The summed E-state index contributed by atoms with van der Waals surface area (Å²) in [6, 6.07) is 4.14. The van der Waals surface area contributed by atoms with Gasteiger partial charge in [-0.25, -0.2) is 14.6 Å². The highest BCUT2D eigenvalue weighted by molar-refractivity contribution is 7.99. The molecule has 0 bridgehead atoms. The molecule has 0 atom stereocenters. The highest BCUT2D eigenvalue weighted by Gasteiger charge is 2.43. The fourth-order valence-corrected chi connectivity index (χ4v) is 5.78. The molecule has 0 spiro atoms. The smallest absolute Gasteiger partial charge is 0.231 e. The molecule has 7 nitrogen and oxygen atoms in total. The van der Waals surface area contributed by atoms with Crippen LogP contribution in [0, 0.1) is 0 Å². The largest absolute Gasteiger partial charge is 0.369 e. The maximum atomic E-state index is 13.2. The van der Waals surface area contributed by atoms with E-state index >= 15 is 0 Å². The van der Waals surface area contributed by atoms with Gasteiger partial charge in [0.25, 0.3) is 0 Å². The Balaban J connectivity index is 1.48. The summed E-state index contributed by atoms with van der Waals surface area (Å²) in [7, 11) is 0. The Morgan fingerprint density at radius 2 is 2.10 bits per heavy atom. The number of nitrogens with zero attached hydrogens (tertiary/aromatic N) is 4. The Bertz CT molecular complexity index is 1010. The van der Waals surface area contributed by atoms with Gasteiger partial charge in [-0.3, -0.25) is 4.79 Å². The molecule has 9 heteroatoms. The minimum atomic E-state index is -0.356. The quantitative estimate of drug-likeness (QED) is 0.345. The topological polar surface area (TPSA) is 84.7 Å². The van der Waals surface area contributed by atoms with Crippen LogP contribution >= 0.6 is 23.1 Å². The van der Waals surface area contributed by atoms with Gasteiger partial charge >= 0.3 is 0 Å². The van der Waals surface area contributed by atoms with Gasteiger partial charge in [-0.05, 0) is 36.5 Å². The van der Waals surface area contributed by atoms with Crippen molar-refractivity contribution in [3.63, 3.8) is 0 Å². The molecule has 2 N–H and O–H groups in total. The molecule has 0 aromatic carbocycles. The van der Waals surface area contributed by atoms with E-state index in [2.05, 4.69) is 46.0 Å². The van der Waals surface area contributed by atoms with Crippen LogP contribution in [0.4, 0.5) is 5.82 Å². The Hall–Kier alpha value is -2.13. The number of nitrogens with one attached hydrogen (secondary N) is 2. The Morgan fingerprint density at radius 3 is 2.81 bits per heavy atom. The fourth-order valence-electron chi connectivity index (χ4n) is 4.23. The molecule has 1 saturated carbocycles. The number of thioether (sulfide) groups is 1. The standard InChI is InChI=1S/C22H30N6OS2/c1-3-11-23-18-16-15-25-28(19(16)27-21(26-18)30-4-2)13-12-24-20(29)22(9-5-6-10-22)17-8-7-14-31-17/h7-8,14-15H,3-6,9-13H2,1-2H3,(H,24,29)(H,23,26,27). The lowest BCUT2D eigenvalue weighted by Crippen LogP contribution is -2.43. The van der Waals surface area contributed by atoms with Crippen molar-refractivity contribution in [2.75, 3.05) is 24.2 Å². The SMILES string of the molecule is CCCNc1nc(SCC)nc2c1cnn2CCNC(=O)C1(c2cccs2)CCCC1. The second-order valence-electron chi connectivity index (χ2n) is 7.84. The summed E-state index contributed by atoms with van der Waals surface area (Å²) in [6.45, 7) is 6.19. The molecule has 1 aliphatic rings. The van der Waals surface area contributed by atoms with Gasteiger partial charge in [0.15, 0.2) is 10.8 Å². The van der Waals surface area contributed by atoms with Crippen molar-refractivity contribution >= 4 is 45.9 Å². The van der Waals surface area contributed by atoms with Crippen molar-refractivity contribution < 1.29 is 4.79 Å². The second-order valence-corrected chi connectivity index (χ2v) is 10.0. The Morgan fingerprint density at radius 1 is 1.26 bits per heavy atom. The molecule has 1 amide bonds. The van der Waals surface area contributed by atoms with Crippen LogP contribution in [-0.2, 0) is 16.8 Å². The summed E-state index contributed by atoms with van der Waals surface area (Å²) in [5.41, 5.74) is 0.456. The molecule has 0 aliphatic heterocycles. The monoisotopic (exact) mass is 458 g/mol. The maximum absolute atomic E-state index is 13.2. The third kappa shape index (κ3) is 4.57. The number of hydrogen-bond donors (Lipinski definition) is 2. The Kier molecular flexibility index (Phi) is 7.12. The molecule has 3 aromatic heterocycles. The molecule has 4 rings (SSSR count). The van der Waals surface area contributed by atoms with Gasteiger partial charge in [0.2, 0.25) is 5.91 Å².